The predicted octanol–water partition coefficient (Wildman–Crippen LogP) is 5.35. The van der Waals surface area contributed by atoms with Gasteiger partial charge in [0.15, 0.2) is 0 Å². The molecule has 0 aliphatic rings. The van der Waals surface area contributed by atoms with E-state index < -0.39 is 24.1 Å². The number of thiol groups is 2. The maximum Gasteiger partial charge on any atom is 0.452 e. The van der Waals surface area contributed by atoms with E-state index in [1.807, 2.05) is 41.5 Å². The Morgan fingerprint density at radius 1 is 0.950 bits per heavy atom. The van der Waals surface area contributed by atoms with Crippen molar-refractivity contribution in [2.75, 3.05) is 0 Å². The maximum absolute atomic E-state index is 12.7. The molecule has 0 bridgehead atoms. The first-order chi connectivity index (χ1) is 8.69. The fourth-order valence-electron chi connectivity index (χ4n) is 3.35. The van der Waals surface area contributed by atoms with E-state index in [0.29, 0.717) is 0 Å². The van der Waals surface area contributed by atoms with Crippen molar-refractivity contribution < 1.29 is 18.0 Å². The Bertz CT molecular complexity index is 330. The quantitative estimate of drug-likeness (QED) is 0.376. The summed E-state index contributed by atoms with van der Waals surface area (Å²) < 4.78 is 36.1. The van der Waals surface area contributed by atoms with Gasteiger partial charge in [0.05, 0.1) is 8.07 Å². The van der Waals surface area contributed by atoms with E-state index in [9.17, 15) is 18.0 Å². The molecule has 7 heteroatoms. The third kappa shape index (κ3) is 4.19. The maximum atomic E-state index is 12.7. The van der Waals surface area contributed by atoms with Gasteiger partial charge in [-0.3, -0.25) is 4.79 Å². The minimum Gasteiger partial charge on any atom is -0.287 e. The smallest absolute Gasteiger partial charge is 0.287 e. The zero-order valence-electron chi connectivity index (χ0n) is 12.9. The van der Waals surface area contributed by atoms with Gasteiger partial charge in [0, 0.05) is 0 Å². The minimum atomic E-state index is -4.89. The number of rotatable bonds is 6. The molecule has 0 aromatic heterocycles. The lowest BCUT2D eigenvalue weighted by Crippen LogP contribution is -2.52. The van der Waals surface area contributed by atoms with Crippen LogP contribution in [0.15, 0.2) is 0 Å². The summed E-state index contributed by atoms with van der Waals surface area (Å²) in [6.45, 7) is 12.2. The number of ketones is 1. The fraction of sp³-hybridized carbons (Fsp3) is 0.923. The fourth-order valence-corrected chi connectivity index (χ4v) is 11.5. The Morgan fingerprint density at radius 2 is 1.25 bits per heavy atom. The molecule has 1 nitrogen and oxygen atoms in total. The van der Waals surface area contributed by atoms with E-state index in [1.54, 1.807) is 0 Å². The summed E-state index contributed by atoms with van der Waals surface area (Å²) in [6, 6.07) is 0.123. The van der Waals surface area contributed by atoms with Crippen LogP contribution in [0.4, 0.5) is 13.2 Å². The van der Waals surface area contributed by atoms with Gasteiger partial charge in [-0.2, -0.15) is 38.4 Å². The number of halogens is 3. The van der Waals surface area contributed by atoms with Crippen LogP contribution >= 0.6 is 25.3 Å². The molecule has 0 aromatic rings. The van der Waals surface area contributed by atoms with Gasteiger partial charge in [0.2, 0.25) is 0 Å². The van der Waals surface area contributed by atoms with Crippen molar-refractivity contribution in [2.24, 2.45) is 0 Å². The minimum absolute atomic E-state index is 0.123. The first-order valence-electron chi connectivity index (χ1n) is 6.76. The van der Waals surface area contributed by atoms with Gasteiger partial charge < -0.3 is 0 Å². The molecule has 0 heterocycles. The van der Waals surface area contributed by atoms with Gasteiger partial charge in [-0.1, -0.05) is 58.2 Å². The largest absolute Gasteiger partial charge is 0.452 e. The molecule has 0 aliphatic heterocycles. The van der Waals surface area contributed by atoms with Gasteiger partial charge in [-0.05, 0) is 6.04 Å². The van der Waals surface area contributed by atoms with Crippen LogP contribution in [0.3, 0.4) is 0 Å². The number of Topliss-reactive ketones (excluding diaryl/α,β-unsaturated/α-hetero) is 1. The Labute approximate surface area is 131 Å². The van der Waals surface area contributed by atoms with Crippen molar-refractivity contribution >= 4 is 39.1 Å². The second-order valence-electron chi connectivity index (χ2n) is 6.40. The van der Waals surface area contributed by atoms with Gasteiger partial charge in [0.25, 0.3) is 5.78 Å². The number of carbonyl (C=O) groups is 1. The van der Waals surface area contributed by atoms with E-state index in [-0.39, 0.29) is 22.7 Å². The molecule has 0 aromatic carbocycles. The molecule has 0 atom stereocenters. The summed E-state index contributed by atoms with van der Waals surface area (Å²) in [6.07, 6.45) is -4.89. The second kappa shape index (κ2) is 6.65. The Morgan fingerprint density at radius 3 is 1.45 bits per heavy atom. The molecule has 0 fully saturated rings. The van der Waals surface area contributed by atoms with E-state index in [2.05, 4.69) is 25.3 Å². The molecule has 120 valence electrons. The van der Waals surface area contributed by atoms with E-state index in [4.69, 9.17) is 0 Å². The van der Waals surface area contributed by atoms with Crippen molar-refractivity contribution in [3.05, 3.63) is 0 Å². The normalized spacial score (nSPS) is 14.5. The van der Waals surface area contributed by atoms with Crippen LogP contribution in [0, 0.1) is 0 Å². The monoisotopic (exact) mass is 346 g/mol. The van der Waals surface area contributed by atoms with Crippen molar-refractivity contribution in [1.29, 1.82) is 0 Å². The lowest BCUT2D eigenvalue weighted by atomic mass is 10.3. The summed E-state index contributed by atoms with van der Waals surface area (Å²) in [7, 11) is -2.18. The molecule has 0 amide bonds. The number of carbonyl (C=O) groups excluding carboxylic acids is 1. The van der Waals surface area contributed by atoms with Crippen LogP contribution < -0.4 is 0 Å². The molecule has 0 radical (unpaired) electrons. The SMILES string of the molecule is CC(C)[Si](CC(S)(S)C(=O)C(F)(F)F)(C(C)C)C(C)C. The van der Waals surface area contributed by atoms with E-state index in [1.165, 1.54) is 0 Å². The van der Waals surface area contributed by atoms with Gasteiger partial charge in [-0.15, -0.1) is 0 Å². The molecule has 0 N–H and O–H groups in total. The van der Waals surface area contributed by atoms with Crippen LogP contribution in [-0.2, 0) is 4.79 Å². The lowest BCUT2D eigenvalue weighted by molar-refractivity contribution is -0.170. The Kier molecular flexibility index (Phi) is 6.77. The highest BCUT2D eigenvalue weighted by molar-refractivity contribution is 8.02. The van der Waals surface area contributed by atoms with Crippen molar-refractivity contribution in [2.45, 2.75) is 74.5 Å². The summed E-state index contributed by atoms with van der Waals surface area (Å²) in [5.74, 6) is -1.85. The summed E-state index contributed by atoms with van der Waals surface area (Å²) in [4.78, 5) is 11.6. The highest BCUT2D eigenvalue weighted by Gasteiger charge is 2.55. The lowest BCUT2D eigenvalue weighted by Gasteiger charge is -2.46. The number of hydrogen-bond acceptors (Lipinski definition) is 3. The van der Waals surface area contributed by atoms with E-state index in [0.717, 1.165) is 0 Å². The third-order valence-electron chi connectivity index (χ3n) is 4.40. The van der Waals surface area contributed by atoms with Crippen molar-refractivity contribution in [3.8, 4) is 0 Å². The predicted molar refractivity (Wildman–Crippen MR) is 87.6 cm³/mol. The van der Waals surface area contributed by atoms with Crippen LogP contribution in [0.5, 0.6) is 0 Å². The summed E-state index contributed by atoms with van der Waals surface area (Å²) in [5.41, 5.74) is 0.756. The number of alkyl halides is 3. The number of hydrogen-bond donors (Lipinski definition) is 2. The molecular formula is C13H25F3OS2Si. The molecule has 0 saturated carbocycles. The molecule has 0 spiro atoms. The summed E-state index contributed by atoms with van der Waals surface area (Å²) >= 11 is 7.96. The molecule has 0 rings (SSSR count). The van der Waals surface area contributed by atoms with Crippen LogP contribution in [0.25, 0.3) is 0 Å². The van der Waals surface area contributed by atoms with Crippen molar-refractivity contribution in [1.82, 2.24) is 0 Å². The highest BCUT2D eigenvalue weighted by atomic mass is 32.2. The zero-order chi connectivity index (χ0) is 16.5. The van der Waals surface area contributed by atoms with Crippen molar-refractivity contribution in [3.63, 3.8) is 0 Å². The first-order valence-corrected chi connectivity index (χ1v) is 10.1. The zero-order valence-corrected chi connectivity index (χ0v) is 15.7. The highest BCUT2D eigenvalue weighted by Crippen LogP contribution is 2.50. The molecule has 0 aliphatic carbocycles. The van der Waals surface area contributed by atoms with Gasteiger partial charge >= 0.3 is 6.18 Å². The topological polar surface area (TPSA) is 17.1 Å². The molecule has 20 heavy (non-hydrogen) atoms. The second-order valence-corrected chi connectivity index (χ2v) is 14.3. The van der Waals surface area contributed by atoms with Crippen LogP contribution in [0.2, 0.25) is 22.7 Å². The average Bonchev–Trinajstić information content (AvgIpc) is 2.22. The van der Waals surface area contributed by atoms with Gasteiger partial charge in [-0.25, -0.2) is 0 Å². The molecule has 0 unspecified atom stereocenters. The standard InChI is InChI=1S/C13H25F3OS2Si/c1-8(2)20(9(3)4,10(5)6)7-12(18,19)11(17)13(14,15)16/h8-10,18-19H,7H2,1-6H3. The average molecular weight is 347 g/mol. The van der Waals surface area contributed by atoms with Crippen LogP contribution in [0.1, 0.15) is 41.5 Å². The van der Waals surface area contributed by atoms with Crippen LogP contribution in [-0.4, -0.2) is 24.1 Å². The van der Waals surface area contributed by atoms with E-state index >= 15 is 0 Å². The third-order valence-corrected chi connectivity index (χ3v) is 13.3. The van der Waals surface area contributed by atoms with Gasteiger partial charge in [0.1, 0.15) is 4.08 Å². The Balaban J connectivity index is 5.64. The molecule has 0 saturated heterocycles. The summed E-state index contributed by atoms with van der Waals surface area (Å²) in [5, 5.41) is 0. The molecular weight excluding hydrogens is 321 g/mol. The first kappa shape index (κ1) is 20.4. The Hall–Kier alpha value is 0.377.